The van der Waals surface area contributed by atoms with E-state index in [9.17, 15) is 0 Å². The van der Waals surface area contributed by atoms with Crippen molar-refractivity contribution in [2.24, 2.45) is 17.8 Å². The highest BCUT2D eigenvalue weighted by Crippen LogP contribution is 2.35. The van der Waals surface area contributed by atoms with Crippen LogP contribution in [0, 0.1) is 29.8 Å². The number of hydrogen-bond acceptors (Lipinski definition) is 1. The van der Waals surface area contributed by atoms with Crippen LogP contribution in [0.15, 0.2) is 0 Å². The normalized spacial score (nSPS) is 27.7. The first-order chi connectivity index (χ1) is 8.65. The van der Waals surface area contributed by atoms with Crippen LogP contribution in [-0.4, -0.2) is 10.5 Å². The lowest BCUT2D eigenvalue weighted by Crippen LogP contribution is -2.33. The van der Waals surface area contributed by atoms with Gasteiger partial charge in [0.1, 0.15) is 12.2 Å². The first-order valence-electron chi connectivity index (χ1n) is 7.34. The number of ether oxygens (including phenoxy) is 1. The highest BCUT2D eigenvalue weighted by molar-refractivity contribution is 14.1. The van der Waals surface area contributed by atoms with E-state index >= 15 is 0 Å². The van der Waals surface area contributed by atoms with Crippen LogP contribution in [0.25, 0.3) is 0 Å². The third-order valence-electron chi connectivity index (χ3n) is 3.93. The number of rotatable bonds is 5. The molecule has 1 fully saturated rings. The van der Waals surface area contributed by atoms with Crippen molar-refractivity contribution in [2.45, 2.75) is 65.4 Å². The molecule has 2 heteroatoms. The Morgan fingerprint density at radius 1 is 1.28 bits per heavy atom. The summed E-state index contributed by atoms with van der Waals surface area (Å²) < 4.78 is 7.08. The van der Waals surface area contributed by atoms with E-state index in [1.54, 1.807) is 0 Å². The van der Waals surface area contributed by atoms with Gasteiger partial charge in [-0.25, -0.2) is 0 Å². The maximum atomic E-state index is 5.84. The summed E-state index contributed by atoms with van der Waals surface area (Å²) in [4.78, 5) is 0. The van der Waals surface area contributed by atoms with E-state index in [4.69, 9.17) is 4.74 Å². The van der Waals surface area contributed by atoms with Gasteiger partial charge >= 0.3 is 0 Å². The molecule has 104 valence electrons. The molecule has 0 heterocycles. The summed E-state index contributed by atoms with van der Waals surface area (Å²) in [5, 5.41) is 0. The highest BCUT2D eigenvalue weighted by atomic mass is 127. The minimum atomic E-state index is 0.367. The van der Waals surface area contributed by atoms with Gasteiger partial charge < -0.3 is 4.74 Å². The van der Waals surface area contributed by atoms with Gasteiger partial charge in [0.25, 0.3) is 0 Å². The molecule has 1 aliphatic rings. The van der Waals surface area contributed by atoms with Crippen LogP contribution in [0.4, 0.5) is 0 Å². The maximum Gasteiger partial charge on any atom is 0.114 e. The van der Waals surface area contributed by atoms with Crippen molar-refractivity contribution in [1.29, 1.82) is 0 Å². The third kappa shape index (κ3) is 5.82. The molecule has 0 amide bonds. The largest absolute Gasteiger partial charge is 0.443 e. The fourth-order valence-corrected chi connectivity index (χ4v) is 3.27. The molecule has 1 aliphatic carbocycles. The van der Waals surface area contributed by atoms with E-state index in [1.807, 2.05) is 0 Å². The van der Waals surface area contributed by atoms with Crippen LogP contribution in [0.1, 0.15) is 59.3 Å². The molecule has 0 aromatic rings. The molecular formula is C16H27IO. The van der Waals surface area contributed by atoms with Gasteiger partial charge in [-0.2, -0.15) is 0 Å². The Morgan fingerprint density at radius 3 is 2.72 bits per heavy atom. The van der Waals surface area contributed by atoms with Gasteiger partial charge in [0.15, 0.2) is 0 Å². The lowest BCUT2D eigenvalue weighted by atomic mass is 9.75. The molecule has 0 saturated heterocycles. The summed E-state index contributed by atoms with van der Waals surface area (Å²) in [6, 6.07) is 0. The van der Waals surface area contributed by atoms with Gasteiger partial charge in [0.05, 0.1) is 0 Å². The van der Waals surface area contributed by atoms with Gasteiger partial charge in [0, 0.05) is 6.42 Å². The second-order valence-electron chi connectivity index (χ2n) is 5.91. The molecule has 0 N–H and O–H groups in total. The second kappa shape index (κ2) is 9.07. The predicted octanol–water partition coefficient (Wildman–Crippen LogP) is 5.03. The van der Waals surface area contributed by atoms with Crippen molar-refractivity contribution in [3.05, 3.63) is 0 Å². The summed E-state index contributed by atoms with van der Waals surface area (Å²) in [5.41, 5.74) is 0. The van der Waals surface area contributed by atoms with Crippen molar-refractivity contribution in [3.63, 3.8) is 0 Å². The van der Waals surface area contributed by atoms with Gasteiger partial charge in [0.2, 0.25) is 0 Å². The molecule has 3 unspecified atom stereocenters. The van der Waals surface area contributed by atoms with Crippen LogP contribution in [0.3, 0.4) is 0 Å². The number of hydrogen-bond donors (Lipinski definition) is 0. The minimum absolute atomic E-state index is 0.367. The van der Waals surface area contributed by atoms with Crippen LogP contribution < -0.4 is 0 Å². The van der Waals surface area contributed by atoms with Gasteiger partial charge in [-0.15, -0.1) is 0 Å². The summed E-state index contributed by atoms with van der Waals surface area (Å²) >= 11 is 2.42. The fourth-order valence-electron chi connectivity index (χ4n) is 2.73. The molecule has 0 aromatic heterocycles. The van der Waals surface area contributed by atoms with Gasteiger partial charge in [-0.1, -0.05) is 55.7 Å². The molecular weight excluding hydrogens is 335 g/mol. The van der Waals surface area contributed by atoms with E-state index in [1.165, 1.54) is 36.5 Å². The average molecular weight is 362 g/mol. The van der Waals surface area contributed by atoms with E-state index in [2.05, 4.69) is 55.4 Å². The minimum Gasteiger partial charge on any atom is -0.443 e. The number of alkyl halides is 1. The summed E-state index contributed by atoms with van der Waals surface area (Å²) in [7, 11) is 0. The van der Waals surface area contributed by atoms with Gasteiger partial charge in [-0.3, -0.25) is 0 Å². The quantitative estimate of drug-likeness (QED) is 0.288. The summed E-state index contributed by atoms with van der Waals surface area (Å²) in [6.07, 6.45) is 10.6. The van der Waals surface area contributed by atoms with Crippen LogP contribution in [-0.2, 0) is 4.74 Å². The molecule has 0 radical (unpaired) electrons. The molecule has 1 nitrogen and oxygen atoms in total. The third-order valence-corrected chi connectivity index (χ3v) is 4.69. The summed E-state index contributed by atoms with van der Waals surface area (Å²) in [5.74, 6) is 5.37. The van der Waals surface area contributed by atoms with E-state index in [-0.39, 0.29) is 0 Å². The Morgan fingerprint density at radius 2 is 2.06 bits per heavy atom. The van der Waals surface area contributed by atoms with Crippen molar-refractivity contribution < 1.29 is 4.74 Å². The monoisotopic (exact) mass is 362 g/mol. The smallest absolute Gasteiger partial charge is 0.114 e. The molecule has 3 atom stereocenters. The SMILES string of the molecule is CC1CCC(C(C)C)C(OC#CCCCCI)C1. The maximum absolute atomic E-state index is 5.84. The number of halogens is 1. The molecule has 1 rings (SSSR count). The molecule has 0 bridgehead atoms. The van der Waals surface area contributed by atoms with Crippen LogP contribution in [0.5, 0.6) is 0 Å². The standard InChI is InChI=1S/C16H27IO/c1-13(2)15-9-8-14(3)12-16(15)18-11-7-5-4-6-10-17/h13-16H,4-6,8-10,12H2,1-3H3. The van der Waals surface area contributed by atoms with Crippen LogP contribution >= 0.6 is 22.6 Å². The number of unbranched alkanes of at least 4 members (excludes halogenated alkanes) is 2. The summed E-state index contributed by atoms with van der Waals surface area (Å²) in [6.45, 7) is 6.95. The lowest BCUT2D eigenvalue weighted by Gasteiger charge is -2.35. The molecule has 0 aliphatic heterocycles. The Hall–Kier alpha value is 0.0900. The van der Waals surface area contributed by atoms with E-state index in [0.717, 1.165) is 12.3 Å². The zero-order chi connectivity index (χ0) is 13.4. The molecule has 1 saturated carbocycles. The zero-order valence-electron chi connectivity index (χ0n) is 12.0. The van der Waals surface area contributed by atoms with Crippen molar-refractivity contribution in [3.8, 4) is 12.0 Å². The lowest BCUT2D eigenvalue weighted by molar-refractivity contribution is 0.0251. The average Bonchev–Trinajstić information content (AvgIpc) is 2.33. The molecule has 0 spiro atoms. The van der Waals surface area contributed by atoms with E-state index < -0.39 is 0 Å². The van der Waals surface area contributed by atoms with Crippen molar-refractivity contribution >= 4 is 22.6 Å². The highest BCUT2D eigenvalue weighted by Gasteiger charge is 2.31. The first-order valence-corrected chi connectivity index (χ1v) is 8.87. The Labute approximate surface area is 127 Å². The van der Waals surface area contributed by atoms with Gasteiger partial charge in [-0.05, 0) is 47.9 Å². The first kappa shape index (κ1) is 16.1. The molecule has 18 heavy (non-hydrogen) atoms. The van der Waals surface area contributed by atoms with Crippen molar-refractivity contribution in [1.82, 2.24) is 0 Å². The zero-order valence-corrected chi connectivity index (χ0v) is 14.2. The van der Waals surface area contributed by atoms with Crippen LogP contribution in [0.2, 0.25) is 0 Å². The fraction of sp³-hybridized carbons (Fsp3) is 0.875. The van der Waals surface area contributed by atoms with E-state index in [0.29, 0.717) is 17.9 Å². The molecule has 0 aromatic carbocycles. The van der Waals surface area contributed by atoms with Crippen molar-refractivity contribution in [2.75, 3.05) is 4.43 Å². The second-order valence-corrected chi connectivity index (χ2v) is 6.99. The Balaban J connectivity index is 2.36. The predicted molar refractivity (Wildman–Crippen MR) is 86.7 cm³/mol. The Kier molecular flexibility index (Phi) is 8.13. The Bertz CT molecular complexity index is 277. The topological polar surface area (TPSA) is 9.23 Å².